The Hall–Kier alpha value is -1.33. The van der Waals surface area contributed by atoms with E-state index in [9.17, 15) is 10.1 Å². The number of anilines is 1. The number of nitrogens with zero attached hydrogens (tertiary/aromatic N) is 2. The molecule has 0 unspecified atom stereocenters. The third-order valence-electron chi connectivity index (χ3n) is 3.98. The van der Waals surface area contributed by atoms with Gasteiger partial charge in [0.1, 0.15) is 10.7 Å². The maximum atomic E-state index is 11.3. The van der Waals surface area contributed by atoms with Gasteiger partial charge in [-0.1, -0.05) is 17.7 Å². The van der Waals surface area contributed by atoms with Crippen LogP contribution >= 0.6 is 11.6 Å². The molecular weight excluding hydrogens is 278 g/mol. The summed E-state index contributed by atoms with van der Waals surface area (Å²) in [4.78, 5) is 13.0. The van der Waals surface area contributed by atoms with Crippen LogP contribution in [0.1, 0.15) is 32.6 Å². The molecule has 0 spiro atoms. The van der Waals surface area contributed by atoms with Crippen molar-refractivity contribution in [2.75, 3.05) is 11.4 Å². The van der Waals surface area contributed by atoms with E-state index < -0.39 is 4.92 Å². The summed E-state index contributed by atoms with van der Waals surface area (Å²) >= 11 is 6.00. The lowest BCUT2D eigenvalue weighted by atomic mass is 9.90. The number of hydrogen-bond acceptors (Lipinski definition) is 4. The fraction of sp³-hybridized carbons (Fsp3) is 0.571. The van der Waals surface area contributed by atoms with Crippen molar-refractivity contribution in [1.29, 1.82) is 0 Å². The van der Waals surface area contributed by atoms with E-state index in [4.69, 9.17) is 17.3 Å². The molecule has 1 aromatic carbocycles. The van der Waals surface area contributed by atoms with Gasteiger partial charge in [0, 0.05) is 18.6 Å². The van der Waals surface area contributed by atoms with E-state index in [1.807, 2.05) is 6.92 Å². The lowest BCUT2D eigenvalue weighted by molar-refractivity contribution is -0.384. The number of nitrogens with two attached hydrogens (primary N) is 1. The number of benzene rings is 1. The number of para-hydroxylation sites is 1. The van der Waals surface area contributed by atoms with Crippen molar-refractivity contribution in [3.05, 3.63) is 33.3 Å². The second kappa shape index (κ2) is 6.41. The predicted octanol–water partition coefficient (Wildman–Crippen LogP) is 3.34. The lowest BCUT2D eigenvalue weighted by Crippen LogP contribution is -2.41. The number of rotatable bonds is 4. The van der Waals surface area contributed by atoms with E-state index in [0.29, 0.717) is 11.7 Å². The first-order chi connectivity index (χ1) is 9.54. The number of halogens is 1. The molecule has 1 aromatic rings. The Balaban J connectivity index is 2.32. The number of nitro benzene ring substituents is 1. The van der Waals surface area contributed by atoms with Crippen LogP contribution in [-0.2, 0) is 0 Å². The van der Waals surface area contributed by atoms with Crippen LogP contribution in [0.2, 0.25) is 5.02 Å². The van der Waals surface area contributed by atoms with Gasteiger partial charge in [-0.15, -0.1) is 0 Å². The minimum Gasteiger partial charge on any atom is -0.363 e. The SMILES string of the molecule is CCN(c1cccc(Cl)c1[N+](=O)[O-])C1CCC(N)CC1. The Labute approximate surface area is 123 Å². The van der Waals surface area contributed by atoms with Crippen LogP contribution in [0.3, 0.4) is 0 Å². The molecule has 0 radical (unpaired) electrons. The zero-order valence-electron chi connectivity index (χ0n) is 11.6. The molecule has 1 aliphatic rings. The van der Waals surface area contributed by atoms with Gasteiger partial charge in [0.2, 0.25) is 0 Å². The first-order valence-corrected chi connectivity index (χ1v) is 7.37. The second-order valence-corrected chi connectivity index (χ2v) is 5.63. The van der Waals surface area contributed by atoms with Crippen LogP contribution in [0.5, 0.6) is 0 Å². The molecule has 0 saturated heterocycles. The summed E-state index contributed by atoms with van der Waals surface area (Å²) in [6.07, 6.45) is 3.88. The van der Waals surface area contributed by atoms with Crippen molar-refractivity contribution in [3.8, 4) is 0 Å². The monoisotopic (exact) mass is 297 g/mol. The Bertz CT molecular complexity index is 487. The van der Waals surface area contributed by atoms with Gasteiger partial charge in [-0.3, -0.25) is 10.1 Å². The maximum absolute atomic E-state index is 11.3. The van der Waals surface area contributed by atoms with Crippen LogP contribution in [0.15, 0.2) is 18.2 Å². The Morgan fingerprint density at radius 3 is 2.60 bits per heavy atom. The van der Waals surface area contributed by atoms with Gasteiger partial charge in [-0.2, -0.15) is 0 Å². The molecule has 0 aliphatic heterocycles. The van der Waals surface area contributed by atoms with Gasteiger partial charge in [-0.05, 0) is 44.7 Å². The fourth-order valence-corrected chi connectivity index (χ4v) is 3.19. The Morgan fingerprint density at radius 2 is 2.05 bits per heavy atom. The molecule has 0 atom stereocenters. The van der Waals surface area contributed by atoms with Crippen molar-refractivity contribution in [2.24, 2.45) is 5.73 Å². The second-order valence-electron chi connectivity index (χ2n) is 5.22. The van der Waals surface area contributed by atoms with Crippen molar-refractivity contribution in [1.82, 2.24) is 0 Å². The third-order valence-corrected chi connectivity index (χ3v) is 4.29. The van der Waals surface area contributed by atoms with Crippen LogP contribution < -0.4 is 10.6 Å². The van der Waals surface area contributed by atoms with Crippen LogP contribution in [0, 0.1) is 10.1 Å². The van der Waals surface area contributed by atoms with E-state index in [-0.39, 0.29) is 16.8 Å². The normalized spacial score (nSPS) is 22.6. The predicted molar refractivity (Wildman–Crippen MR) is 81.4 cm³/mol. The standard InChI is InChI=1S/C14H20ClN3O2/c1-2-17(11-8-6-10(16)7-9-11)13-5-3-4-12(15)14(13)18(19)20/h3-5,10-11H,2,6-9,16H2,1H3. The first kappa shape index (κ1) is 15.1. The highest BCUT2D eigenvalue weighted by atomic mass is 35.5. The van der Waals surface area contributed by atoms with Gasteiger partial charge in [0.05, 0.1) is 4.92 Å². The molecule has 1 saturated carbocycles. The van der Waals surface area contributed by atoms with Gasteiger partial charge in [0.15, 0.2) is 0 Å². The molecule has 1 fully saturated rings. The largest absolute Gasteiger partial charge is 0.363 e. The summed E-state index contributed by atoms with van der Waals surface area (Å²) in [6, 6.07) is 5.67. The molecule has 5 nitrogen and oxygen atoms in total. The summed E-state index contributed by atoms with van der Waals surface area (Å²) in [5.41, 5.74) is 6.55. The van der Waals surface area contributed by atoms with Crippen molar-refractivity contribution < 1.29 is 4.92 Å². The van der Waals surface area contributed by atoms with Gasteiger partial charge in [-0.25, -0.2) is 0 Å². The van der Waals surface area contributed by atoms with Crippen LogP contribution in [-0.4, -0.2) is 23.6 Å². The van der Waals surface area contributed by atoms with Crippen molar-refractivity contribution in [3.63, 3.8) is 0 Å². The smallest absolute Gasteiger partial charge is 0.310 e. The molecule has 0 bridgehead atoms. The summed E-state index contributed by atoms with van der Waals surface area (Å²) in [5, 5.41) is 11.5. The molecule has 6 heteroatoms. The molecule has 0 amide bonds. The van der Waals surface area contributed by atoms with Crippen molar-refractivity contribution >= 4 is 23.0 Å². The van der Waals surface area contributed by atoms with E-state index in [2.05, 4.69) is 4.90 Å². The highest BCUT2D eigenvalue weighted by Gasteiger charge is 2.29. The summed E-state index contributed by atoms with van der Waals surface area (Å²) in [5.74, 6) is 0. The van der Waals surface area contributed by atoms with E-state index in [1.54, 1.807) is 18.2 Å². The molecule has 0 aromatic heterocycles. The molecule has 2 rings (SSSR count). The summed E-state index contributed by atoms with van der Waals surface area (Å²) < 4.78 is 0. The van der Waals surface area contributed by atoms with Crippen molar-refractivity contribution in [2.45, 2.75) is 44.7 Å². The first-order valence-electron chi connectivity index (χ1n) is 6.99. The molecule has 110 valence electrons. The van der Waals surface area contributed by atoms with Crippen LogP contribution in [0.25, 0.3) is 0 Å². The molecule has 2 N–H and O–H groups in total. The highest BCUT2D eigenvalue weighted by molar-refractivity contribution is 6.33. The number of hydrogen-bond donors (Lipinski definition) is 1. The average molecular weight is 298 g/mol. The molecular formula is C14H20ClN3O2. The molecule has 0 heterocycles. The Kier molecular flexibility index (Phi) is 4.83. The van der Waals surface area contributed by atoms with E-state index in [1.165, 1.54) is 0 Å². The fourth-order valence-electron chi connectivity index (χ4n) is 2.95. The third kappa shape index (κ3) is 3.04. The van der Waals surface area contributed by atoms with E-state index >= 15 is 0 Å². The van der Waals surface area contributed by atoms with Gasteiger partial charge < -0.3 is 10.6 Å². The van der Waals surface area contributed by atoms with E-state index in [0.717, 1.165) is 32.2 Å². The minimum atomic E-state index is -0.394. The minimum absolute atomic E-state index is 0.00545. The summed E-state index contributed by atoms with van der Waals surface area (Å²) in [6.45, 7) is 2.74. The highest BCUT2D eigenvalue weighted by Crippen LogP contribution is 2.37. The van der Waals surface area contributed by atoms with Crippen LogP contribution in [0.4, 0.5) is 11.4 Å². The topological polar surface area (TPSA) is 72.4 Å². The lowest BCUT2D eigenvalue weighted by Gasteiger charge is -2.36. The Morgan fingerprint density at radius 1 is 1.40 bits per heavy atom. The molecule has 20 heavy (non-hydrogen) atoms. The summed E-state index contributed by atoms with van der Waals surface area (Å²) in [7, 11) is 0. The number of nitro groups is 1. The van der Waals surface area contributed by atoms with Gasteiger partial charge in [0.25, 0.3) is 0 Å². The zero-order valence-corrected chi connectivity index (χ0v) is 12.3. The average Bonchev–Trinajstić information content (AvgIpc) is 2.41. The maximum Gasteiger partial charge on any atom is 0.310 e. The molecule has 1 aliphatic carbocycles. The van der Waals surface area contributed by atoms with Gasteiger partial charge >= 0.3 is 5.69 Å². The zero-order chi connectivity index (χ0) is 14.7. The quantitative estimate of drug-likeness (QED) is 0.683.